The van der Waals surface area contributed by atoms with E-state index in [1.54, 1.807) is 24.3 Å². The molecule has 0 atom stereocenters. The van der Waals surface area contributed by atoms with Crippen LogP contribution in [0.2, 0.25) is 0 Å². The molecule has 0 fully saturated rings. The molecule has 0 radical (unpaired) electrons. The Morgan fingerprint density at radius 1 is 0.906 bits per heavy atom. The van der Waals surface area contributed by atoms with Crippen LogP contribution in [0.25, 0.3) is 22.3 Å². The normalized spacial score (nSPS) is 10.8. The maximum absolute atomic E-state index is 15.1. The van der Waals surface area contributed by atoms with Gasteiger partial charge in [0.1, 0.15) is 24.1 Å². The summed E-state index contributed by atoms with van der Waals surface area (Å²) < 4.78 is 49.4. The van der Waals surface area contributed by atoms with Gasteiger partial charge in [0, 0.05) is 28.9 Å². The van der Waals surface area contributed by atoms with E-state index in [9.17, 15) is 13.6 Å². The third kappa shape index (κ3) is 5.26. The lowest BCUT2D eigenvalue weighted by Gasteiger charge is -2.15. The molecule has 0 saturated heterocycles. The molecule has 3 rings (SSSR count). The number of esters is 1. The van der Waals surface area contributed by atoms with Gasteiger partial charge in [-0.2, -0.15) is 0 Å². The van der Waals surface area contributed by atoms with Crippen molar-refractivity contribution in [2.24, 2.45) is 0 Å². The van der Waals surface area contributed by atoms with Gasteiger partial charge in [-0.25, -0.2) is 18.0 Å². The highest BCUT2D eigenvalue weighted by Gasteiger charge is 2.18. The molecular weight excluding hydrogens is 417 g/mol. The summed E-state index contributed by atoms with van der Waals surface area (Å²) in [6.07, 6.45) is 1.10. The van der Waals surface area contributed by atoms with Crippen molar-refractivity contribution in [3.8, 4) is 22.3 Å². The molecule has 0 aliphatic rings. The van der Waals surface area contributed by atoms with Crippen LogP contribution in [0, 0.1) is 17.5 Å². The van der Waals surface area contributed by atoms with Crippen LogP contribution in [0.15, 0.2) is 66.7 Å². The average Bonchev–Trinajstić information content (AvgIpc) is 2.78. The molecule has 1 N–H and O–H groups in total. The van der Waals surface area contributed by atoms with Crippen molar-refractivity contribution < 1.29 is 27.8 Å². The molecule has 3 aromatic rings. The molecule has 0 aliphatic carbocycles. The predicted molar refractivity (Wildman–Crippen MR) is 117 cm³/mol. The van der Waals surface area contributed by atoms with Crippen LogP contribution in [0.3, 0.4) is 0 Å². The Bertz CT molecular complexity index is 1160. The molecule has 0 saturated carbocycles. The number of ether oxygens (including phenoxy) is 1. The number of aliphatic hydroxyl groups excluding tert-OH is 1. The summed E-state index contributed by atoms with van der Waals surface area (Å²) in [5.74, 6) is -2.77. The highest BCUT2D eigenvalue weighted by molar-refractivity contribution is 5.87. The van der Waals surface area contributed by atoms with E-state index < -0.39 is 23.4 Å². The maximum atomic E-state index is 15.1. The van der Waals surface area contributed by atoms with Crippen molar-refractivity contribution >= 4 is 5.97 Å². The first-order valence-electron chi connectivity index (χ1n) is 10.1. The fourth-order valence-electron chi connectivity index (χ4n) is 3.37. The van der Waals surface area contributed by atoms with E-state index in [1.165, 1.54) is 25.1 Å². The van der Waals surface area contributed by atoms with Gasteiger partial charge in [-0.15, -0.1) is 0 Å². The highest BCUT2D eigenvalue weighted by Crippen LogP contribution is 2.34. The van der Waals surface area contributed by atoms with E-state index in [0.29, 0.717) is 24.0 Å². The minimum atomic E-state index is -0.777. The summed E-state index contributed by atoms with van der Waals surface area (Å²) in [6, 6.07) is 12.7. The van der Waals surface area contributed by atoms with Crippen LogP contribution in [0.1, 0.15) is 24.5 Å². The molecule has 3 aromatic carbocycles. The summed E-state index contributed by atoms with van der Waals surface area (Å²) in [5, 5.41) is 9.08. The Morgan fingerprint density at radius 3 is 2.19 bits per heavy atom. The Morgan fingerprint density at radius 2 is 1.56 bits per heavy atom. The molecular formula is C26H23F3O3. The first-order valence-corrected chi connectivity index (χ1v) is 10.1. The smallest absolute Gasteiger partial charge is 0.333 e. The summed E-state index contributed by atoms with van der Waals surface area (Å²) in [6.45, 7) is 4.90. The Hall–Kier alpha value is -3.38. The number of halogens is 3. The second kappa shape index (κ2) is 10.3. The molecule has 32 heavy (non-hydrogen) atoms. The van der Waals surface area contributed by atoms with Crippen molar-refractivity contribution in [2.75, 3.05) is 6.61 Å². The Balaban J connectivity index is 2.05. The van der Waals surface area contributed by atoms with Crippen molar-refractivity contribution in [2.45, 2.75) is 26.4 Å². The van der Waals surface area contributed by atoms with E-state index in [-0.39, 0.29) is 35.5 Å². The lowest BCUT2D eigenvalue weighted by atomic mass is 9.94. The minimum absolute atomic E-state index is 0.0130. The fourth-order valence-corrected chi connectivity index (χ4v) is 3.37. The molecule has 0 amide bonds. The number of hydrogen-bond acceptors (Lipinski definition) is 3. The first kappa shape index (κ1) is 23.3. The lowest BCUT2D eigenvalue weighted by molar-refractivity contribution is -0.140. The number of benzene rings is 3. The van der Waals surface area contributed by atoms with Crippen LogP contribution in [-0.4, -0.2) is 17.7 Å². The van der Waals surface area contributed by atoms with Crippen LogP contribution in [0.5, 0.6) is 0 Å². The molecule has 3 nitrogen and oxygen atoms in total. The third-order valence-electron chi connectivity index (χ3n) is 5.01. The predicted octanol–water partition coefficient (Wildman–Crippen LogP) is 5.98. The zero-order valence-corrected chi connectivity index (χ0v) is 17.6. The quantitative estimate of drug-likeness (QED) is 0.346. The molecule has 0 spiro atoms. The second-order valence-electron chi connectivity index (χ2n) is 7.47. The number of rotatable bonds is 8. The molecule has 0 unspecified atom stereocenters. The number of carbonyl (C=O) groups is 1. The number of aryl methyl sites for hydroxylation is 1. The highest BCUT2D eigenvalue weighted by atomic mass is 19.1. The van der Waals surface area contributed by atoms with Gasteiger partial charge < -0.3 is 9.84 Å². The van der Waals surface area contributed by atoms with E-state index in [4.69, 9.17) is 9.84 Å². The molecule has 6 heteroatoms. The summed E-state index contributed by atoms with van der Waals surface area (Å²) in [4.78, 5) is 11.9. The number of hydrogen-bond donors (Lipinski definition) is 1. The second-order valence-corrected chi connectivity index (χ2v) is 7.47. The first-order chi connectivity index (χ1) is 15.3. The zero-order valence-electron chi connectivity index (χ0n) is 17.6. The van der Waals surface area contributed by atoms with Gasteiger partial charge in [-0.05, 0) is 54.7 Å². The van der Waals surface area contributed by atoms with Crippen LogP contribution < -0.4 is 0 Å². The molecule has 0 aliphatic heterocycles. The number of aliphatic hydroxyl groups is 1. The summed E-state index contributed by atoms with van der Waals surface area (Å²) in [7, 11) is 0. The van der Waals surface area contributed by atoms with Crippen molar-refractivity contribution in [1.82, 2.24) is 0 Å². The number of carbonyl (C=O) groups excluding carboxylic acids is 1. The van der Waals surface area contributed by atoms with Gasteiger partial charge in [-0.1, -0.05) is 43.0 Å². The van der Waals surface area contributed by atoms with Gasteiger partial charge in [0.05, 0.1) is 0 Å². The molecule has 0 bridgehead atoms. The fraction of sp³-hybridized carbons (Fsp3) is 0.192. The van der Waals surface area contributed by atoms with Gasteiger partial charge in [0.25, 0.3) is 0 Å². The molecule has 166 valence electrons. The van der Waals surface area contributed by atoms with Crippen molar-refractivity contribution in [3.63, 3.8) is 0 Å². The van der Waals surface area contributed by atoms with Crippen molar-refractivity contribution in [1.29, 1.82) is 0 Å². The van der Waals surface area contributed by atoms with Crippen LogP contribution in [0.4, 0.5) is 13.2 Å². The van der Waals surface area contributed by atoms with Crippen LogP contribution >= 0.6 is 0 Å². The summed E-state index contributed by atoms with van der Waals surface area (Å²) >= 11 is 0. The largest absolute Gasteiger partial charge is 0.457 e. The molecule has 0 heterocycles. The zero-order chi connectivity index (χ0) is 23.3. The van der Waals surface area contributed by atoms with Crippen molar-refractivity contribution in [3.05, 3.63) is 95.3 Å². The lowest BCUT2D eigenvalue weighted by Crippen LogP contribution is -2.06. The van der Waals surface area contributed by atoms with Gasteiger partial charge in [0.15, 0.2) is 0 Å². The van der Waals surface area contributed by atoms with E-state index >= 15 is 4.39 Å². The maximum Gasteiger partial charge on any atom is 0.333 e. The van der Waals surface area contributed by atoms with Gasteiger partial charge in [0.2, 0.25) is 0 Å². The minimum Gasteiger partial charge on any atom is -0.457 e. The summed E-state index contributed by atoms with van der Waals surface area (Å²) in [5.41, 5.74) is 1.65. The average molecular weight is 440 g/mol. The third-order valence-corrected chi connectivity index (χ3v) is 5.01. The van der Waals surface area contributed by atoms with Crippen LogP contribution in [-0.2, 0) is 22.6 Å². The van der Waals surface area contributed by atoms with Gasteiger partial charge in [-0.3, -0.25) is 0 Å². The SMILES string of the molecule is C=C(C)C(=O)OCc1cc(CCCO)ccc1-c1cc(F)c(-c2ccccc2F)cc1F. The van der Waals surface area contributed by atoms with E-state index in [0.717, 1.165) is 17.7 Å². The molecule has 0 aromatic heterocycles. The Kier molecular flexibility index (Phi) is 7.49. The van der Waals surface area contributed by atoms with E-state index in [1.807, 2.05) is 0 Å². The van der Waals surface area contributed by atoms with E-state index in [2.05, 4.69) is 6.58 Å². The van der Waals surface area contributed by atoms with Gasteiger partial charge >= 0.3 is 5.97 Å². The standard InChI is InChI=1S/C26H23F3O3/c1-16(2)26(31)32-15-18-12-17(6-5-11-30)9-10-19(18)21-13-25(29)22(14-24(21)28)20-7-3-4-8-23(20)27/h3-4,7-10,12-14,30H,1,5-6,11,15H2,2H3. The monoisotopic (exact) mass is 440 g/mol. The Labute approximate surface area is 184 Å². The topological polar surface area (TPSA) is 46.5 Å².